The van der Waals surface area contributed by atoms with E-state index in [1.165, 1.54) is 12.7 Å². The minimum absolute atomic E-state index is 0.265. The fourth-order valence-corrected chi connectivity index (χ4v) is 2.11. The molecule has 1 saturated heterocycles. The Labute approximate surface area is 112 Å². The molecule has 1 aliphatic heterocycles. The lowest BCUT2D eigenvalue weighted by atomic mass is 10.1. The van der Waals surface area contributed by atoms with Gasteiger partial charge in [0.15, 0.2) is 0 Å². The molecule has 1 aromatic heterocycles. The van der Waals surface area contributed by atoms with Crippen molar-refractivity contribution >= 4 is 11.9 Å². The molecule has 0 spiro atoms. The van der Waals surface area contributed by atoms with Crippen LogP contribution in [0.4, 0.5) is 4.79 Å². The second-order valence-electron chi connectivity index (χ2n) is 4.65. The Morgan fingerprint density at radius 3 is 2.74 bits per heavy atom. The maximum Gasteiger partial charge on any atom is 0.321 e. The predicted molar refractivity (Wildman–Crippen MR) is 69.4 cm³/mol. The molecule has 2 heterocycles. The van der Waals surface area contributed by atoms with E-state index < -0.39 is 6.03 Å². The van der Waals surface area contributed by atoms with Crippen LogP contribution in [0.1, 0.15) is 25.0 Å². The van der Waals surface area contributed by atoms with Crippen molar-refractivity contribution in [2.24, 2.45) is 0 Å². The zero-order valence-electron chi connectivity index (χ0n) is 10.9. The van der Waals surface area contributed by atoms with E-state index in [-0.39, 0.29) is 19.0 Å². The van der Waals surface area contributed by atoms with Crippen LogP contribution in [-0.4, -0.2) is 36.5 Å². The van der Waals surface area contributed by atoms with E-state index >= 15 is 0 Å². The van der Waals surface area contributed by atoms with Crippen molar-refractivity contribution in [3.8, 4) is 0 Å². The van der Waals surface area contributed by atoms with Gasteiger partial charge in [-0.25, -0.2) is 4.79 Å². The van der Waals surface area contributed by atoms with E-state index in [0.29, 0.717) is 5.76 Å². The third kappa shape index (κ3) is 4.75. The average molecular weight is 265 g/mol. The van der Waals surface area contributed by atoms with Gasteiger partial charge in [-0.3, -0.25) is 15.0 Å². The van der Waals surface area contributed by atoms with Crippen LogP contribution in [0.3, 0.4) is 0 Å². The second kappa shape index (κ2) is 6.94. The van der Waals surface area contributed by atoms with Crippen LogP contribution in [0.2, 0.25) is 0 Å². The van der Waals surface area contributed by atoms with Gasteiger partial charge < -0.3 is 9.73 Å². The van der Waals surface area contributed by atoms with Crippen molar-refractivity contribution in [3.63, 3.8) is 0 Å². The molecule has 0 aromatic carbocycles. The summed E-state index contributed by atoms with van der Waals surface area (Å²) in [5, 5.41) is 4.89. The quantitative estimate of drug-likeness (QED) is 0.854. The van der Waals surface area contributed by atoms with Crippen molar-refractivity contribution in [2.45, 2.75) is 25.8 Å². The monoisotopic (exact) mass is 265 g/mol. The van der Waals surface area contributed by atoms with Crippen molar-refractivity contribution in [1.29, 1.82) is 0 Å². The second-order valence-corrected chi connectivity index (χ2v) is 4.65. The lowest BCUT2D eigenvalue weighted by molar-refractivity contribution is -0.121. The highest BCUT2D eigenvalue weighted by Crippen LogP contribution is 2.07. The summed E-state index contributed by atoms with van der Waals surface area (Å²) in [4.78, 5) is 25.2. The van der Waals surface area contributed by atoms with Crippen molar-refractivity contribution in [2.75, 3.05) is 19.6 Å². The number of nitrogens with zero attached hydrogens (tertiary/aromatic N) is 1. The fourth-order valence-electron chi connectivity index (χ4n) is 2.11. The highest BCUT2D eigenvalue weighted by molar-refractivity contribution is 5.95. The number of imide groups is 1. The Morgan fingerprint density at radius 2 is 2.05 bits per heavy atom. The molecule has 2 N–H and O–H groups in total. The van der Waals surface area contributed by atoms with Gasteiger partial charge in [-0.15, -0.1) is 0 Å². The molecule has 6 nitrogen and oxygen atoms in total. The highest BCUT2D eigenvalue weighted by Gasteiger charge is 2.15. The molecule has 104 valence electrons. The smallest absolute Gasteiger partial charge is 0.321 e. The Hall–Kier alpha value is -1.82. The minimum atomic E-state index is -0.488. The summed E-state index contributed by atoms with van der Waals surface area (Å²) in [6, 6.07) is 3.02. The molecule has 0 atom stereocenters. The Morgan fingerprint density at radius 1 is 1.26 bits per heavy atom. The van der Waals surface area contributed by atoms with E-state index in [9.17, 15) is 9.59 Å². The average Bonchev–Trinajstić information content (AvgIpc) is 2.90. The SMILES string of the molecule is O=C(CN1CCCCC1)NC(=O)NCc1ccco1. The summed E-state index contributed by atoms with van der Waals surface area (Å²) in [5.41, 5.74) is 0. The van der Waals surface area contributed by atoms with E-state index in [1.54, 1.807) is 12.1 Å². The number of nitrogens with one attached hydrogen (secondary N) is 2. The van der Waals surface area contributed by atoms with Gasteiger partial charge in [-0.2, -0.15) is 0 Å². The van der Waals surface area contributed by atoms with Crippen LogP contribution in [-0.2, 0) is 11.3 Å². The van der Waals surface area contributed by atoms with Gasteiger partial charge >= 0.3 is 6.03 Å². The van der Waals surface area contributed by atoms with Crippen LogP contribution in [0.25, 0.3) is 0 Å². The number of hydrogen-bond acceptors (Lipinski definition) is 4. The lowest BCUT2D eigenvalue weighted by Gasteiger charge is -2.25. The first-order valence-corrected chi connectivity index (χ1v) is 6.56. The molecule has 1 fully saturated rings. The first-order chi connectivity index (χ1) is 9.24. The van der Waals surface area contributed by atoms with Gasteiger partial charge in [0, 0.05) is 0 Å². The van der Waals surface area contributed by atoms with Crippen molar-refractivity contribution < 1.29 is 14.0 Å². The molecule has 1 aliphatic rings. The Kier molecular flexibility index (Phi) is 4.97. The van der Waals surface area contributed by atoms with Gasteiger partial charge in [0.25, 0.3) is 0 Å². The minimum Gasteiger partial charge on any atom is -0.467 e. The molecule has 3 amide bonds. The number of carbonyl (C=O) groups is 2. The summed E-state index contributed by atoms with van der Waals surface area (Å²) >= 11 is 0. The number of piperidine rings is 1. The molecular weight excluding hydrogens is 246 g/mol. The highest BCUT2D eigenvalue weighted by atomic mass is 16.3. The van der Waals surface area contributed by atoms with Gasteiger partial charge in [0.2, 0.25) is 5.91 Å². The number of likely N-dealkylation sites (tertiary alicyclic amines) is 1. The number of carbonyl (C=O) groups excluding carboxylic acids is 2. The predicted octanol–water partition coefficient (Wildman–Crippen LogP) is 1.09. The van der Waals surface area contributed by atoms with E-state index in [4.69, 9.17) is 4.42 Å². The molecule has 2 rings (SSSR count). The van der Waals surface area contributed by atoms with Gasteiger partial charge in [-0.05, 0) is 38.1 Å². The maximum absolute atomic E-state index is 11.6. The third-order valence-electron chi connectivity index (χ3n) is 3.07. The molecule has 0 aliphatic carbocycles. The Balaban J connectivity index is 1.65. The molecule has 19 heavy (non-hydrogen) atoms. The molecule has 0 bridgehead atoms. The molecule has 0 saturated carbocycles. The number of hydrogen-bond donors (Lipinski definition) is 2. The number of furan rings is 1. The van der Waals surface area contributed by atoms with Crippen molar-refractivity contribution in [1.82, 2.24) is 15.5 Å². The summed E-state index contributed by atoms with van der Waals surface area (Å²) in [7, 11) is 0. The van der Waals surface area contributed by atoms with Crippen molar-refractivity contribution in [3.05, 3.63) is 24.2 Å². The molecule has 0 unspecified atom stereocenters. The zero-order valence-corrected chi connectivity index (χ0v) is 10.9. The number of rotatable bonds is 4. The first-order valence-electron chi connectivity index (χ1n) is 6.56. The van der Waals surface area contributed by atoms with E-state index in [0.717, 1.165) is 25.9 Å². The van der Waals surface area contributed by atoms with Gasteiger partial charge in [-0.1, -0.05) is 6.42 Å². The maximum atomic E-state index is 11.6. The van der Waals surface area contributed by atoms with Gasteiger partial charge in [0.05, 0.1) is 19.4 Å². The fraction of sp³-hybridized carbons (Fsp3) is 0.538. The van der Waals surface area contributed by atoms with Crippen LogP contribution in [0.15, 0.2) is 22.8 Å². The number of amides is 3. The molecule has 0 radical (unpaired) electrons. The van der Waals surface area contributed by atoms with Crippen LogP contribution in [0.5, 0.6) is 0 Å². The van der Waals surface area contributed by atoms with Crippen LogP contribution >= 0.6 is 0 Å². The zero-order chi connectivity index (χ0) is 13.5. The standard InChI is InChI=1S/C13H19N3O3/c17-12(10-16-6-2-1-3-7-16)15-13(18)14-9-11-5-4-8-19-11/h4-5,8H,1-3,6-7,9-10H2,(H2,14,15,17,18). The summed E-state index contributed by atoms with van der Waals surface area (Å²) in [6.07, 6.45) is 5.01. The molecule has 1 aromatic rings. The summed E-state index contributed by atoms with van der Waals surface area (Å²) < 4.78 is 5.07. The summed E-state index contributed by atoms with van der Waals surface area (Å²) in [6.45, 7) is 2.42. The first kappa shape index (κ1) is 13.6. The normalized spacial score (nSPS) is 16.0. The van der Waals surface area contributed by atoms with E-state index in [1.807, 2.05) is 0 Å². The lowest BCUT2D eigenvalue weighted by Crippen LogP contribution is -2.45. The third-order valence-corrected chi connectivity index (χ3v) is 3.07. The van der Waals surface area contributed by atoms with Gasteiger partial charge in [0.1, 0.15) is 5.76 Å². The largest absolute Gasteiger partial charge is 0.467 e. The topological polar surface area (TPSA) is 74.6 Å². The molecular formula is C13H19N3O3. The summed E-state index contributed by atoms with van der Waals surface area (Å²) in [5.74, 6) is 0.387. The van der Waals surface area contributed by atoms with E-state index in [2.05, 4.69) is 15.5 Å². The van der Waals surface area contributed by atoms with Crippen LogP contribution in [0, 0.1) is 0 Å². The molecule has 6 heteroatoms. The Bertz CT molecular complexity index is 411. The number of urea groups is 1. The van der Waals surface area contributed by atoms with Crippen LogP contribution < -0.4 is 10.6 Å².